The predicted molar refractivity (Wildman–Crippen MR) is 137 cm³/mol. The predicted octanol–water partition coefficient (Wildman–Crippen LogP) is 4.95. The van der Waals surface area contributed by atoms with E-state index in [-0.39, 0.29) is 11.3 Å². The number of carbonyl (C=O) groups excluding carboxylic acids is 2. The molecule has 5 rings (SSSR count). The van der Waals surface area contributed by atoms with Crippen LogP contribution in [0.3, 0.4) is 0 Å². The largest absolute Gasteiger partial charge is 0.507 e. The summed E-state index contributed by atoms with van der Waals surface area (Å²) in [6, 6.07) is 18.1. The Bertz CT molecular complexity index is 1490. The van der Waals surface area contributed by atoms with E-state index >= 15 is 0 Å². The summed E-state index contributed by atoms with van der Waals surface area (Å²) < 4.78 is 16.6. The zero-order chi connectivity index (χ0) is 25.4. The number of benzene rings is 3. The molecule has 3 aromatic carbocycles. The maximum atomic E-state index is 13.4. The Hall–Kier alpha value is -4.37. The molecule has 9 heteroatoms. The third kappa shape index (κ3) is 3.93. The van der Waals surface area contributed by atoms with E-state index in [4.69, 9.17) is 14.2 Å². The van der Waals surface area contributed by atoms with Crippen LogP contribution >= 0.6 is 11.3 Å². The molecule has 1 aliphatic rings. The maximum absolute atomic E-state index is 13.4. The van der Waals surface area contributed by atoms with E-state index in [1.54, 1.807) is 74.9 Å². The van der Waals surface area contributed by atoms with Crippen LogP contribution in [0.5, 0.6) is 17.2 Å². The molecule has 0 bridgehead atoms. The second-order valence-corrected chi connectivity index (χ2v) is 9.01. The van der Waals surface area contributed by atoms with Crippen LogP contribution in [0.25, 0.3) is 16.0 Å². The van der Waals surface area contributed by atoms with Crippen molar-refractivity contribution in [2.45, 2.75) is 6.04 Å². The molecule has 0 radical (unpaired) electrons. The number of anilines is 1. The molecule has 0 spiro atoms. The molecule has 0 aliphatic carbocycles. The minimum atomic E-state index is -0.888. The number of hydrogen-bond donors (Lipinski definition) is 1. The highest BCUT2D eigenvalue weighted by Crippen LogP contribution is 2.45. The van der Waals surface area contributed by atoms with Crippen LogP contribution in [0.4, 0.5) is 5.13 Å². The molecule has 0 unspecified atom stereocenters. The van der Waals surface area contributed by atoms with Gasteiger partial charge in [-0.1, -0.05) is 23.5 Å². The highest BCUT2D eigenvalue weighted by Gasteiger charge is 2.48. The smallest absolute Gasteiger partial charge is 0.301 e. The standard InChI is InChI=1S/C27H22N2O6S/c1-33-17-8-4-15(5-9-17)23-22(24(30)16-6-10-18(34-2)11-7-16)25(31)26(32)29(23)27-28-20-13-12-19(35-3)14-21(20)36-27/h4-14,23,30H,1-3H3/b24-22+/t23-/m0/s1. The van der Waals surface area contributed by atoms with Crippen LogP contribution < -0.4 is 19.1 Å². The van der Waals surface area contributed by atoms with Crippen LogP contribution in [0, 0.1) is 0 Å². The van der Waals surface area contributed by atoms with Gasteiger partial charge in [-0.3, -0.25) is 14.5 Å². The summed E-state index contributed by atoms with van der Waals surface area (Å²) >= 11 is 1.27. The van der Waals surface area contributed by atoms with Crippen LogP contribution in [-0.2, 0) is 9.59 Å². The lowest BCUT2D eigenvalue weighted by Crippen LogP contribution is -2.29. The fraction of sp³-hybridized carbons (Fsp3) is 0.148. The maximum Gasteiger partial charge on any atom is 0.301 e. The van der Waals surface area contributed by atoms with Crippen molar-refractivity contribution < 1.29 is 28.9 Å². The zero-order valence-corrected chi connectivity index (χ0v) is 20.5. The van der Waals surface area contributed by atoms with Gasteiger partial charge in [0.2, 0.25) is 0 Å². The quantitative estimate of drug-likeness (QED) is 0.226. The van der Waals surface area contributed by atoms with Gasteiger partial charge < -0.3 is 19.3 Å². The fourth-order valence-corrected chi connectivity index (χ4v) is 5.18. The van der Waals surface area contributed by atoms with E-state index in [2.05, 4.69) is 4.98 Å². The summed E-state index contributed by atoms with van der Waals surface area (Å²) in [5.41, 5.74) is 1.66. The van der Waals surface area contributed by atoms with E-state index in [1.807, 2.05) is 6.07 Å². The molecular weight excluding hydrogens is 480 g/mol. The topological polar surface area (TPSA) is 98.2 Å². The molecule has 1 amide bonds. The molecule has 2 heterocycles. The lowest BCUT2D eigenvalue weighted by Gasteiger charge is -2.23. The Balaban J connectivity index is 1.69. The summed E-state index contributed by atoms with van der Waals surface area (Å²) in [5, 5.41) is 11.6. The first-order chi connectivity index (χ1) is 17.4. The summed E-state index contributed by atoms with van der Waals surface area (Å²) in [6.07, 6.45) is 0. The summed E-state index contributed by atoms with van der Waals surface area (Å²) in [5.74, 6) is 0.0486. The zero-order valence-electron chi connectivity index (χ0n) is 19.7. The molecule has 1 saturated heterocycles. The second kappa shape index (κ2) is 9.35. The van der Waals surface area contributed by atoms with Crippen molar-refractivity contribution in [1.29, 1.82) is 0 Å². The molecule has 1 atom stereocenters. The average molecular weight is 503 g/mol. The molecule has 1 aromatic heterocycles. The number of ether oxygens (including phenoxy) is 3. The van der Waals surface area contributed by atoms with Crippen molar-refractivity contribution in [2.24, 2.45) is 0 Å². The van der Waals surface area contributed by atoms with E-state index in [1.165, 1.54) is 23.3 Å². The molecule has 182 valence electrons. The Morgan fingerprint density at radius 3 is 2.06 bits per heavy atom. The molecule has 1 aliphatic heterocycles. The van der Waals surface area contributed by atoms with E-state index in [0.717, 1.165) is 4.70 Å². The van der Waals surface area contributed by atoms with Crippen LogP contribution in [0.2, 0.25) is 0 Å². The minimum Gasteiger partial charge on any atom is -0.507 e. The van der Waals surface area contributed by atoms with E-state index < -0.39 is 17.7 Å². The number of thiazole rings is 1. The Morgan fingerprint density at radius 2 is 1.44 bits per heavy atom. The lowest BCUT2D eigenvalue weighted by atomic mass is 9.95. The summed E-state index contributed by atoms with van der Waals surface area (Å²) in [6.45, 7) is 0. The number of aromatic nitrogens is 1. The third-order valence-corrected chi connectivity index (χ3v) is 7.05. The fourth-order valence-electron chi connectivity index (χ4n) is 4.16. The first-order valence-corrected chi connectivity index (χ1v) is 11.8. The second-order valence-electron chi connectivity index (χ2n) is 8.00. The minimum absolute atomic E-state index is 0.0211. The SMILES string of the molecule is COc1ccc(/C(O)=C2\C(=O)C(=O)N(c3nc4ccc(OC)cc4s3)[C@H]2c2ccc(OC)cc2)cc1. The van der Waals surface area contributed by atoms with Gasteiger partial charge in [-0.05, 0) is 60.2 Å². The number of Topliss-reactive ketones (excluding diaryl/α,β-unsaturated/α-hetero) is 1. The van der Waals surface area contributed by atoms with Crippen molar-refractivity contribution in [2.75, 3.05) is 26.2 Å². The van der Waals surface area contributed by atoms with Crippen LogP contribution in [0.1, 0.15) is 17.2 Å². The van der Waals surface area contributed by atoms with Gasteiger partial charge in [0.05, 0.1) is 43.2 Å². The molecule has 1 N–H and O–H groups in total. The van der Waals surface area contributed by atoms with Gasteiger partial charge in [0.15, 0.2) is 5.13 Å². The van der Waals surface area contributed by atoms with Gasteiger partial charge in [-0.15, -0.1) is 0 Å². The number of amides is 1. The van der Waals surface area contributed by atoms with Crippen molar-refractivity contribution in [1.82, 2.24) is 4.98 Å². The van der Waals surface area contributed by atoms with Gasteiger partial charge in [-0.25, -0.2) is 4.98 Å². The first kappa shape index (κ1) is 23.4. The Kier molecular flexibility index (Phi) is 6.07. The number of aliphatic hydroxyl groups is 1. The molecule has 36 heavy (non-hydrogen) atoms. The monoisotopic (exact) mass is 502 g/mol. The van der Waals surface area contributed by atoms with E-state index in [9.17, 15) is 14.7 Å². The van der Waals surface area contributed by atoms with Gasteiger partial charge >= 0.3 is 5.91 Å². The number of methoxy groups -OCH3 is 3. The van der Waals surface area contributed by atoms with Gasteiger partial charge in [-0.2, -0.15) is 0 Å². The average Bonchev–Trinajstić information content (AvgIpc) is 3.45. The molecule has 8 nitrogen and oxygen atoms in total. The summed E-state index contributed by atoms with van der Waals surface area (Å²) in [4.78, 5) is 32.7. The number of rotatable bonds is 6. The normalized spacial score (nSPS) is 17.0. The van der Waals surface area contributed by atoms with Crippen LogP contribution in [0.15, 0.2) is 72.3 Å². The van der Waals surface area contributed by atoms with E-state index in [0.29, 0.717) is 39.0 Å². The van der Waals surface area contributed by atoms with Crippen molar-refractivity contribution >= 4 is 44.1 Å². The third-order valence-electron chi connectivity index (χ3n) is 6.03. The number of carbonyl (C=O) groups is 2. The van der Waals surface area contributed by atoms with Gasteiger partial charge in [0.1, 0.15) is 23.0 Å². The number of fused-ring (bicyclic) bond motifs is 1. The molecular formula is C27H22N2O6S. The molecule has 4 aromatic rings. The number of hydrogen-bond acceptors (Lipinski definition) is 8. The highest BCUT2D eigenvalue weighted by atomic mass is 32.1. The van der Waals surface area contributed by atoms with Crippen molar-refractivity contribution in [3.8, 4) is 17.2 Å². The van der Waals surface area contributed by atoms with Crippen molar-refractivity contribution in [3.63, 3.8) is 0 Å². The Morgan fingerprint density at radius 1 is 0.861 bits per heavy atom. The molecule has 0 saturated carbocycles. The van der Waals surface area contributed by atoms with Crippen LogP contribution in [-0.4, -0.2) is 43.1 Å². The highest BCUT2D eigenvalue weighted by molar-refractivity contribution is 7.22. The van der Waals surface area contributed by atoms with Crippen molar-refractivity contribution in [3.05, 3.63) is 83.4 Å². The number of nitrogens with zero attached hydrogens (tertiary/aromatic N) is 2. The lowest BCUT2D eigenvalue weighted by molar-refractivity contribution is -0.132. The Labute approximate surface area is 211 Å². The van der Waals surface area contributed by atoms with Gasteiger partial charge in [0, 0.05) is 5.56 Å². The summed E-state index contributed by atoms with van der Waals surface area (Å²) in [7, 11) is 4.67. The molecule has 1 fully saturated rings. The number of aliphatic hydroxyl groups excluding tert-OH is 1. The first-order valence-electron chi connectivity index (χ1n) is 11.0. The number of ketones is 1. The van der Waals surface area contributed by atoms with Gasteiger partial charge in [0.25, 0.3) is 5.78 Å².